The molecule has 0 aromatic rings. The number of hydrogen-bond acceptors (Lipinski definition) is 5. The second kappa shape index (κ2) is 4.44. The van der Waals surface area contributed by atoms with E-state index >= 15 is 0 Å². The van der Waals surface area contributed by atoms with Gasteiger partial charge in [-0.15, -0.1) is 0 Å². The van der Waals surface area contributed by atoms with Crippen molar-refractivity contribution >= 4 is 18.0 Å². The highest BCUT2D eigenvalue weighted by atomic mass is 16.5. The number of hydrogen-bond donors (Lipinski definition) is 2. The molecule has 2 atom stereocenters. The molecule has 1 heterocycles. The van der Waals surface area contributed by atoms with Crippen molar-refractivity contribution < 1.29 is 24.2 Å². The van der Waals surface area contributed by atoms with E-state index in [-0.39, 0.29) is 0 Å². The van der Waals surface area contributed by atoms with Gasteiger partial charge in [0.05, 0.1) is 12.0 Å². The number of carbonyl (C=O) groups is 3. The zero-order valence-corrected chi connectivity index (χ0v) is 10.1. The summed E-state index contributed by atoms with van der Waals surface area (Å²) in [5.41, 5.74) is 2.85. The summed E-state index contributed by atoms with van der Waals surface area (Å²) in [5, 5.41) is 9.41. The third kappa shape index (κ3) is 1.76. The third-order valence-corrected chi connectivity index (χ3v) is 4.05. The molecule has 1 saturated heterocycles. The summed E-state index contributed by atoms with van der Waals surface area (Å²) in [7, 11) is 0. The maximum atomic E-state index is 12.4. The molecule has 100 valence electrons. The second-order valence-corrected chi connectivity index (χ2v) is 5.17. The number of carbonyl (C=O) groups excluding carboxylic acids is 3. The first-order chi connectivity index (χ1) is 8.52. The Morgan fingerprint density at radius 2 is 2.06 bits per heavy atom. The van der Waals surface area contributed by atoms with Gasteiger partial charge in [0.25, 0.3) is 0 Å². The van der Waals surface area contributed by atoms with Crippen molar-refractivity contribution in [2.75, 3.05) is 13.2 Å². The molecule has 0 radical (unpaired) electrons. The Kier molecular flexibility index (Phi) is 3.25. The quantitative estimate of drug-likeness (QED) is 0.493. The highest BCUT2D eigenvalue weighted by Gasteiger charge is 2.61. The van der Waals surface area contributed by atoms with Gasteiger partial charge in [0.1, 0.15) is 17.8 Å². The lowest BCUT2D eigenvalue weighted by Crippen LogP contribution is -2.53. The Morgan fingerprint density at radius 3 is 2.50 bits per heavy atom. The van der Waals surface area contributed by atoms with Crippen LogP contribution in [0, 0.1) is 10.8 Å². The minimum absolute atomic E-state index is 0.348. The van der Waals surface area contributed by atoms with E-state index in [0.29, 0.717) is 38.6 Å². The fourth-order valence-electron chi connectivity index (χ4n) is 2.55. The van der Waals surface area contributed by atoms with E-state index < -0.39 is 35.2 Å². The number of primary amides is 1. The van der Waals surface area contributed by atoms with E-state index in [9.17, 15) is 19.5 Å². The number of nitrogens with two attached hydrogens (primary N) is 1. The molecule has 6 nitrogen and oxygen atoms in total. The lowest BCUT2D eigenvalue weighted by atomic mass is 9.73. The van der Waals surface area contributed by atoms with Gasteiger partial charge in [-0.2, -0.15) is 0 Å². The third-order valence-electron chi connectivity index (χ3n) is 4.05. The standard InChI is InChI=1S/C12H17NO5/c13-10(17)12(3-4-12)8(16)9-11(6-14,7-15)2-1-5-18-9/h6,9,15H,1-5,7H2,(H2,13,17). The molecule has 2 fully saturated rings. The van der Waals surface area contributed by atoms with Gasteiger partial charge in [-0.25, -0.2) is 0 Å². The molecule has 18 heavy (non-hydrogen) atoms. The molecule has 0 bridgehead atoms. The van der Waals surface area contributed by atoms with Crippen LogP contribution in [-0.4, -0.2) is 42.4 Å². The van der Waals surface area contributed by atoms with Gasteiger partial charge in [-0.1, -0.05) is 0 Å². The van der Waals surface area contributed by atoms with Crippen LogP contribution in [0.1, 0.15) is 25.7 Å². The fourth-order valence-corrected chi connectivity index (χ4v) is 2.55. The topological polar surface area (TPSA) is 107 Å². The van der Waals surface area contributed by atoms with Crippen molar-refractivity contribution in [3.8, 4) is 0 Å². The van der Waals surface area contributed by atoms with Crippen LogP contribution < -0.4 is 5.73 Å². The van der Waals surface area contributed by atoms with Crippen molar-refractivity contribution in [3.05, 3.63) is 0 Å². The molecule has 1 amide bonds. The maximum absolute atomic E-state index is 12.4. The Morgan fingerprint density at radius 1 is 1.39 bits per heavy atom. The summed E-state index contributed by atoms with van der Waals surface area (Å²) in [6.45, 7) is -0.109. The van der Waals surface area contributed by atoms with Crippen LogP contribution in [0.15, 0.2) is 0 Å². The number of aldehydes is 1. The molecule has 3 N–H and O–H groups in total. The zero-order chi connectivity index (χ0) is 13.4. The van der Waals surface area contributed by atoms with Crippen molar-refractivity contribution in [2.45, 2.75) is 31.8 Å². The van der Waals surface area contributed by atoms with Gasteiger partial charge in [0.2, 0.25) is 5.91 Å². The zero-order valence-electron chi connectivity index (χ0n) is 10.1. The first kappa shape index (κ1) is 13.2. The number of ether oxygens (including phenoxy) is 1. The van der Waals surface area contributed by atoms with Gasteiger partial charge >= 0.3 is 0 Å². The van der Waals surface area contributed by atoms with Gasteiger partial charge in [0, 0.05) is 6.61 Å². The van der Waals surface area contributed by atoms with Crippen LogP contribution in [0.5, 0.6) is 0 Å². The Labute approximate surface area is 104 Å². The van der Waals surface area contributed by atoms with Crippen molar-refractivity contribution in [1.82, 2.24) is 0 Å². The maximum Gasteiger partial charge on any atom is 0.231 e. The summed E-state index contributed by atoms with van der Waals surface area (Å²) in [5.74, 6) is -1.12. The molecule has 6 heteroatoms. The average molecular weight is 255 g/mol. The number of amides is 1. The normalized spacial score (nSPS) is 33.7. The van der Waals surface area contributed by atoms with E-state index in [1.165, 1.54) is 0 Å². The molecule has 0 aromatic heterocycles. The minimum atomic E-state index is -1.22. The van der Waals surface area contributed by atoms with Crippen LogP contribution in [-0.2, 0) is 19.1 Å². The predicted molar refractivity (Wildman–Crippen MR) is 60.4 cm³/mol. The van der Waals surface area contributed by atoms with Crippen LogP contribution in [0.3, 0.4) is 0 Å². The smallest absolute Gasteiger partial charge is 0.231 e. The van der Waals surface area contributed by atoms with Crippen LogP contribution in [0.25, 0.3) is 0 Å². The van der Waals surface area contributed by atoms with E-state index in [1.54, 1.807) is 0 Å². The summed E-state index contributed by atoms with van der Waals surface area (Å²) < 4.78 is 5.37. The molecule has 1 saturated carbocycles. The van der Waals surface area contributed by atoms with Gasteiger partial charge in [-0.3, -0.25) is 9.59 Å². The fraction of sp³-hybridized carbons (Fsp3) is 0.750. The highest BCUT2D eigenvalue weighted by Crippen LogP contribution is 2.50. The lowest BCUT2D eigenvalue weighted by molar-refractivity contribution is -0.164. The average Bonchev–Trinajstić information content (AvgIpc) is 3.19. The van der Waals surface area contributed by atoms with Crippen molar-refractivity contribution in [2.24, 2.45) is 16.6 Å². The lowest BCUT2D eigenvalue weighted by Gasteiger charge is -2.38. The van der Waals surface area contributed by atoms with Crippen LogP contribution in [0.2, 0.25) is 0 Å². The number of ketones is 1. The SMILES string of the molecule is NC(=O)C1(C(=O)C2OCCCC2(C=O)CO)CC1. The molecular weight excluding hydrogens is 238 g/mol. The second-order valence-electron chi connectivity index (χ2n) is 5.17. The first-order valence-corrected chi connectivity index (χ1v) is 6.05. The van der Waals surface area contributed by atoms with Crippen molar-refractivity contribution in [1.29, 1.82) is 0 Å². The number of aliphatic hydroxyl groups is 1. The molecule has 2 unspecified atom stereocenters. The van der Waals surface area contributed by atoms with Crippen LogP contribution >= 0.6 is 0 Å². The monoisotopic (exact) mass is 255 g/mol. The molecule has 1 aliphatic carbocycles. The number of rotatable bonds is 5. The van der Waals surface area contributed by atoms with Crippen LogP contribution in [0.4, 0.5) is 0 Å². The van der Waals surface area contributed by atoms with Crippen molar-refractivity contribution in [3.63, 3.8) is 0 Å². The van der Waals surface area contributed by atoms with Gasteiger partial charge in [-0.05, 0) is 25.7 Å². The summed E-state index contributed by atoms with van der Waals surface area (Å²) in [6.07, 6.45) is 1.32. The summed E-state index contributed by atoms with van der Waals surface area (Å²) >= 11 is 0. The Hall–Kier alpha value is -1.27. The first-order valence-electron chi connectivity index (χ1n) is 6.05. The minimum Gasteiger partial charge on any atom is -0.395 e. The van der Waals surface area contributed by atoms with E-state index in [2.05, 4.69) is 0 Å². The molecular formula is C12H17NO5. The largest absolute Gasteiger partial charge is 0.395 e. The van der Waals surface area contributed by atoms with Gasteiger partial charge in [0.15, 0.2) is 5.78 Å². The molecule has 2 aliphatic rings. The molecule has 0 aromatic carbocycles. The van der Waals surface area contributed by atoms with Gasteiger partial charge < -0.3 is 20.4 Å². The summed E-state index contributed by atoms with van der Waals surface area (Å²) in [6, 6.07) is 0. The predicted octanol–water partition coefficient (Wildman–Crippen LogP) is -0.822. The summed E-state index contributed by atoms with van der Waals surface area (Å²) in [4.78, 5) is 34.9. The highest BCUT2D eigenvalue weighted by molar-refractivity contribution is 6.11. The van der Waals surface area contributed by atoms with E-state index in [1.807, 2.05) is 0 Å². The van der Waals surface area contributed by atoms with E-state index in [0.717, 1.165) is 0 Å². The molecule has 0 spiro atoms. The Bertz CT molecular complexity index is 390. The molecule has 1 aliphatic heterocycles. The van der Waals surface area contributed by atoms with E-state index in [4.69, 9.17) is 10.5 Å². The Balaban J connectivity index is 2.27. The number of Topliss-reactive ketones (excluding diaryl/α,β-unsaturated/α-hetero) is 1. The number of aliphatic hydroxyl groups excluding tert-OH is 1. The molecule has 2 rings (SSSR count).